The molecule has 1 unspecified atom stereocenters. The minimum Gasteiger partial charge on any atom is -0.485 e. The third-order valence-corrected chi connectivity index (χ3v) is 5.85. The first-order valence-corrected chi connectivity index (χ1v) is 10.7. The molecule has 152 valence electrons. The van der Waals surface area contributed by atoms with Gasteiger partial charge in [-0.15, -0.1) is 16.8 Å². The van der Waals surface area contributed by atoms with Gasteiger partial charge in [0.05, 0.1) is 5.69 Å². The molecule has 4 aromatic rings. The second-order valence-electron chi connectivity index (χ2n) is 7.10. The van der Waals surface area contributed by atoms with E-state index in [0.717, 1.165) is 33.8 Å². The van der Waals surface area contributed by atoms with Crippen LogP contribution in [0.1, 0.15) is 23.2 Å². The van der Waals surface area contributed by atoms with Crippen LogP contribution in [0.2, 0.25) is 0 Å². The number of benzene rings is 1. The second kappa shape index (κ2) is 7.87. The average Bonchev–Trinajstić information content (AvgIpc) is 3.35. The highest BCUT2D eigenvalue weighted by Gasteiger charge is 2.28. The van der Waals surface area contributed by atoms with Gasteiger partial charge in [0.25, 0.3) is 0 Å². The molecule has 30 heavy (non-hydrogen) atoms. The lowest BCUT2D eigenvalue weighted by atomic mass is 10.2. The Kier molecular flexibility index (Phi) is 4.92. The predicted octanol–water partition coefficient (Wildman–Crippen LogP) is 4.23. The van der Waals surface area contributed by atoms with Crippen LogP contribution >= 0.6 is 11.8 Å². The zero-order valence-electron chi connectivity index (χ0n) is 16.6. The van der Waals surface area contributed by atoms with Gasteiger partial charge in [-0.05, 0) is 30.7 Å². The van der Waals surface area contributed by atoms with Crippen molar-refractivity contribution in [2.24, 2.45) is 0 Å². The predicted molar refractivity (Wildman–Crippen MR) is 115 cm³/mol. The number of fused-ring (bicyclic) bond motifs is 2. The first-order valence-electron chi connectivity index (χ1n) is 9.71. The van der Waals surface area contributed by atoms with Crippen LogP contribution in [0.15, 0.2) is 66.6 Å². The number of nitrogens with zero attached hydrogens (tertiary/aromatic N) is 5. The van der Waals surface area contributed by atoms with E-state index in [9.17, 15) is 0 Å². The molecule has 8 heteroatoms. The van der Waals surface area contributed by atoms with E-state index >= 15 is 0 Å². The quantitative estimate of drug-likeness (QED) is 0.344. The Morgan fingerprint density at radius 2 is 2.03 bits per heavy atom. The van der Waals surface area contributed by atoms with Crippen molar-refractivity contribution in [3.05, 3.63) is 78.5 Å². The zero-order valence-corrected chi connectivity index (χ0v) is 17.4. The van der Waals surface area contributed by atoms with Crippen molar-refractivity contribution in [3.63, 3.8) is 0 Å². The number of hydrogen-bond acceptors (Lipinski definition) is 6. The van der Waals surface area contributed by atoms with Crippen molar-refractivity contribution >= 4 is 17.4 Å². The summed E-state index contributed by atoms with van der Waals surface area (Å²) in [6, 6.07) is 11.7. The number of thioether (sulfide) groups is 1. The molecular formula is C22H21N5O2S. The molecule has 0 spiro atoms. The molecule has 0 amide bonds. The number of pyridine rings is 1. The fourth-order valence-electron chi connectivity index (χ4n) is 3.46. The Balaban J connectivity index is 1.36. The summed E-state index contributed by atoms with van der Waals surface area (Å²) in [5, 5.41) is 9.62. The van der Waals surface area contributed by atoms with Crippen molar-refractivity contribution in [1.82, 2.24) is 24.1 Å². The van der Waals surface area contributed by atoms with Crippen molar-refractivity contribution in [1.29, 1.82) is 0 Å². The Labute approximate surface area is 178 Å². The number of rotatable bonds is 6. The minimum absolute atomic E-state index is 0.320. The number of ether oxygens (including phenoxy) is 2. The molecule has 0 saturated heterocycles. The molecule has 4 heterocycles. The van der Waals surface area contributed by atoms with Gasteiger partial charge < -0.3 is 13.9 Å². The maximum atomic E-state index is 6.12. The van der Waals surface area contributed by atoms with Crippen molar-refractivity contribution in [3.8, 4) is 11.5 Å². The van der Waals surface area contributed by atoms with E-state index in [1.165, 1.54) is 5.56 Å². The highest BCUT2D eigenvalue weighted by Crippen LogP contribution is 2.36. The van der Waals surface area contributed by atoms with Gasteiger partial charge in [-0.2, -0.15) is 0 Å². The number of para-hydroxylation sites is 2. The van der Waals surface area contributed by atoms with E-state index < -0.39 is 0 Å². The van der Waals surface area contributed by atoms with E-state index in [4.69, 9.17) is 9.47 Å². The lowest BCUT2D eigenvalue weighted by molar-refractivity contribution is 0.0821. The monoisotopic (exact) mass is 419 g/mol. The maximum Gasteiger partial charge on any atom is 0.192 e. The lowest BCUT2D eigenvalue weighted by Crippen LogP contribution is -2.25. The van der Waals surface area contributed by atoms with Gasteiger partial charge in [0, 0.05) is 24.7 Å². The number of aromatic nitrogens is 5. The Morgan fingerprint density at radius 3 is 2.90 bits per heavy atom. The summed E-state index contributed by atoms with van der Waals surface area (Å²) >= 11 is 1.60. The molecule has 1 aliphatic rings. The first kappa shape index (κ1) is 18.7. The molecule has 0 bridgehead atoms. The van der Waals surface area contributed by atoms with Gasteiger partial charge in [-0.3, -0.25) is 4.57 Å². The van der Waals surface area contributed by atoms with E-state index in [2.05, 4.69) is 51.5 Å². The molecule has 0 N–H and O–H groups in total. The van der Waals surface area contributed by atoms with E-state index in [-0.39, 0.29) is 6.10 Å². The summed E-state index contributed by atoms with van der Waals surface area (Å²) in [7, 11) is 0. The lowest BCUT2D eigenvalue weighted by Gasteiger charge is -2.26. The summed E-state index contributed by atoms with van der Waals surface area (Å²) in [6.45, 7) is 6.94. The fraction of sp³-hybridized carbons (Fsp3) is 0.227. The van der Waals surface area contributed by atoms with E-state index in [1.54, 1.807) is 11.8 Å². The number of imidazole rings is 1. The van der Waals surface area contributed by atoms with Crippen LogP contribution < -0.4 is 9.47 Å². The van der Waals surface area contributed by atoms with Gasteiger partial charge in [-0.1, -0.05) is 36.0 Å². The standard InChI is InChI=1S/C22H21N5O2S/c1-3-10-27-21(19-13-28-17-6-4-5-7-18(17)29-19)24-25-22(27)30-14-16-12-26-11-15(2)8-9-20(26)23-16/h3-9,11-12,19H,1,10,13-14H2,2H3. The molecule has 1 aliphatic heterocycles. The molecular weight excluding hydrogens is 398 g/mol. The number of aryl methyl sites for hydroxylation is 1. The number of hydrogen-bond donors (Lipinski definition) is 0. The average molecular weight is 420 g/mol. The van der Waals surface area contributed by atoms with E-state index in [1.807, 2.05) is 41.0 Å². The molecule has 1 aromatic carbocycles. The molecule has 0 saturated carbocycles. The molecule has 1 atom stereocenters. The molecule has 0 aliphatic carbocycles. The second-order valence-corrected chi connectivity index (χ2v) is 8.04. The van der Waals surface area contributed by atoms with Crippen LogP contribution in [0.4, 0.5) is 0 Å². The summed E-state index contributed by atoms with van der Waals surface area (Å²) in [5.41, 5.74) is 3.13. The van der Waals surface area contributed by atoms with Crippen LogP contribution in [-0.2, 0) is 12.3 Å². The SMILES string of the molecule is C=CCn1c(SCc2cn3cc(C)ccc3n2)nnc1C1COc2ccccc2O1. The third-order valence-electron chi connectivity index (χ3n) is 4.85. The number of allylic oxidation sites excluding steroid dienone is 1. The highest BCUT2D eigenvalue weighted by molar-refractivity contribution is 7.98. The van der Waals surface area contributed by atoms with Gasteiger partial charge in [0.1, 0.15) is 12.3 Å². The zero-order chi connectivity index (χ0) is 20.5. The summed E-state index contributed by atoms with van der Waals surface area (Å²) in [5.74, 6) is 2.90. The molecule has 0 radical (unpaired) electrons. The molecule has 3 aromatic heterocycles. The Bertz CT molecular complexity index is 1220. The largest absolute Gasteiger partial charge is 0.485 e. The van der Waals surface area contributed by atoms with Crippen molar-refractivity contribution in [2.75, 3.05) is 6.61 Å². The summed E-state index contributed by atoms with van der Waals surface area (Å²) in [4.78, 5) is 4.69. The topological polar surface area (TPSA) is 66.5 Å². The Hall–Kier alpha value is -3.26. The van der Waals surface area contributed by atoms with Crippen LogP contribution in [0, 0.1) is 6.92 Å². The van der Waals surface area contributed by atoms with Crippen LogP contribution in [0.3, 0.4) is 0 Å². The van der Waals surface area contributed by atoms with Crippen LogP contribution in [0.25, 0.3) is 5.65 Å². The Morgan fingerprint density at radius 1 is 1.17 bits per heavy atom. The van der Waals surface area contributed by atoms with Gasteiger partial charge in [0.15, 0.2) is 28.6 Å². The van der Waals surface area contributed by atoms with Gasteiger partial charge >= 0.3 is 0 Å². The highest BCUT2D eigenvalue weighted by atomic mass is 32.2. The van der Waals surface area contributed by atoms with Crippen LogP contribution in [-0.4, -0.2) is 30.8 Å². The third kappa shape index (κ3) is 3.54. The molecule has 0 fully saturated rings. The fourth-order valence-corrected chi connectivity index (χ4v) is 4.29. The summed E-state index contributed by atoms with van der Waals surface area (Å²) in [6.07, 6.45) is 5.65. The maximum absolute atomic E-state index is 6.12. The van der Waals surface area contributed by atoms with Crippen molar-refractivity contribution < 1.29 is 9.47 Å². The first-order chi connectivity index (χ1) is 14.7. The molecule has 7 nitrogen and oxygen atoms in total. The van der Waals surface area contributed by atoms with Gasteiger partial charge in [-0.25, -0.2) is 4.98 Å². The van der Waals surface area contributed by atoms with Crippen molar-refractivity contribution in [2.45, 2.75) is 30.5 Å². The minimum atomic E-state index is -0.320. The smallest absolute Gasteiger partial charge is 0.192 e. The molecule has 5 rings (SSSR count). The summed E-state index contributed by atoms with van der Waals surface area (Å²) < 4.78 is 16.1. The van der Waals surface area contributed by atoms with Gasteiger partial charge in [0.2, 0.25) is 0 Å². The van der Waals surface area contributed by atoms with E-state index in [0.29, 0.717) is 18.9 Å². The normalized spacial score (nSPS) is 15.4. The van der Waals surface area contributed by atoms with Crippen LogP contribution in [0.5, 0.6) is 11.5 Å².